The summed E-state index contributed by atoms with van der Waals surface area (Å²) >= 11 is 5.84. The van der Waals surface area contributed by atoms with Crippen LogP contribution < -0.4 is 5.32 Å². The van der Waals surface area contributed by atoms with Crippen molar-refractivity contribution in [2.24, 2.45) is 0 Å². The van der Waals surface area contributed by atoms with Crippen LogP contribution in [0.25, 0.3) is 0 Å². The number of nitrogens with zero attached hydrogens (tertiary/aromatic N) is 1. The summed E-state index contributed by atoms with van der Waals surface area (Å²) in [5.74, 6) is -0.287. The van der Waals surface area contributed by atoms with Gasteiger partial charge >= 0.3 is 0 Å². The molecule has 0 bridgehead atoms. The number of benzene rings is 1. The van der Waals surface area contributed by atoms with Gasteiger partial charge in [0.25, 0.3) is 0 Å². The highest BCUT2D eigenvalue weighted by Gasteiger charge is 2.20. The summed E-state index contributed by atoms with van der Waals surface area (Å²) in [5, 5.41) is 3.81. The van der Waals surface area contributed by atoms with E-state index in [1.165, 1.54) is 12.1 Å². The van der Waals surface area contributed by atoms with Gasteiger partial charge < -0.3 is 10.2 Å². The van der Waals surface area contributed by atoms with Crippen molar-refractivity contribution < 1.29 is 4.39 Å². The quantitative estimate of drug-likeness (QED) is 0.900. The predicted octanol–water partition coefficient (Wildman–Crippen LogP) is 3.76. The van der Waals surface area contributed by atoms with Crippen LogP contribution in [0.4, 0.5) is 10.1 Å². The van der Waals surface area contributed by atoms with E-state index in [1.54, 1.807) is 6.07 Å². The molecule has 1 aliphatic heterocycles. The highest BCUT2D eigenvalue weighted by molar-refractivity contribution is 6.30. The molecule has 1 aromatic carbocycles. The van der Waals surface area contributed by atoms with Crippen molar-refractivity contribution in [3.63, 3.8) is 0 Å². The lowest BCUT2D eigenvalue weighted by molar-refractivity contribution is 0.177. The first-order valence-corrected chi connectivity index (χ1v) is 6.89. The third-order valence-electron chi connectivity index (χ3n) is 3.49. The average molecular weight is 271 g/mol. The Labute approximate surface area is 113 Å². The zero-order chi connectivity index (χ0) is 13.1. The Bertz CT molecular complexity index is 381. The van der Waals surface area contributed by atoms with Crippen LogP contribution >= 0.6 is 11.6 Å². The van der Waals surface area contributed by atoms with Gasteiger partial charge in [-0.3, -0.25) is 0 Å². The van der Waals surface area contributed by atoms with E-state index < -0.39 is 0 Å². The van der Waals surface area contributed by atoms with E-state index in [2.05, 4.69) is 24.1 Å². The van der Waals surface area contributed by atoms with Crippen LogP contribution in [0.1, 0.15) is 26.7 Å². The van der Waals surface area contributed by atoms with Crippen molar-refractivity contribution in [2.45, 2.75) is 38.8 Å². The number of likely N-dealkylation sites (tertiary alicyclic amines) is 1. The maximum atomic E-state index is 13.2. The standard InChI is InChI=1S/C14H20ClFN2/c1-10(2)18-5-3-13(4-6-18)17-14-8-11(15)7-12(16)9-14/h7-10,13,17H,3-6H2,1-2H3. The fourth-order valence-corrected chi connectivity index (χ4v) is 2.65. The molecular weight excluding hydrogens is 251 g/mol. The Morgan fingerprint density at radius 3 is 2.50 bits per heavy atom. The fourth-order valence-electron chi connectivity index (χ4n) is 2.43. The van der Waals surface area contributed by atoms with Crippen molar-refractivity contribution in [3.05, 3.63) is 29.0 Å². The van der Waals surface area contributed by atoms with E-state index in [4.69, 9.17) is 11.6 Å². The SMILES string of the molecule is CC(C)N1CCC(Nc2cc(F)cc(Cl)c2)CC1. The van der Waals surface area contributed by atoms with E-state index in [-0.39, 0.29) is 5.82 Å². The minimum absolute atomic E-state index is 0.287. The van der Waals surface area contributed by atoms with E-state index in [9.17, 15) is 4.39 Å². The van der Waals surface area contributed by atoms with Gasteiger partial charge in [-0.2, -0.15) is 0 Å². The lowest BCUT2D eigenvalue weighted by Gasteiger charge is -2.35. The minimum atomic E-state index is -0.287. The molecule has 18 heavy (non-hydrogen) atoms. The third kappa shape index (κ3) is 3.59. The molecule has 1 aliphatic rings. The fraction of sp³-hybridized carbons (Fsp3) is 0.571. The van der Waals surface area contributed by atoms with Gasteiger partial charge in [0.05, 0.1) is 0 Å². The Morgan fingerprint density at radius 1 is 1.28 bits per heavy atom. The van der Waals surface area contributed by atoms with Crippen LogP contribution in [-0.4, -0.2) is 30.1 Å². The predicted molar refractivity (Wildman–Crippen MR) is 74.8 cm³/mol. The molecule has 0 aromatic heterocycles. The molecule has 4 heteroatoms. The molecule has 1 N–H and O–H groups in total. The number of nitrogens with one attached hydrogen (secondary N) is 1. The maximum Gasteiger partial charge on any atom is 0.126 e. The molecule has 0 unspecified atom stereocenters. The molecule has 0 spiro atoms. The van der Waals surface area contributed by atoms with Crippen LogP contribution in [0.5, 0.6) is 0 Å². The summed E-state index contributed by atoms with van der Waals surface area (Å²) in [7, 11) is 0. The molecule has 0 radical (unpaired) electrons. The zero-order valence-corrected chi connectivity index (χ0v) is 11.7. The van der Waals surface area contributed by atoms with Gasteiger partial charge in [-0.25, -0.2) is 4.39 Å². The van der Waals surface area contributed by atoms with Gasteiger partial charge in [-0.15, -0.1) is 0 Å². The number of halogens is 2. The van der Waals surface area contributed by atoms with Crippen molar-refractivity contribution in [2.75, 3.05) is 18.4 Å². The van der Waals surface area contributed by atoms with Crippen molar-refractivity contribution >= 4 is 17.3 Å². The topological polar surface area (TPSA) is 15.3 Å². The first kappa shape index (κ1) is 13.6. The lowest BCUT2D eigenvalue weighted by Crippen LogP contribution is -2.42. The molecule has 1 fully saturated rings. The van der Waals surface area contributed by atoms with Gasteiger partial charge in [-0.1, -0.05) is 11.6 Å². The number of anilines is 1. The molecule has 0 aliphatic carbocycles. The summed E-state index contributed by atoms with van der Waals surface area (Å²) in [6, 6.07) is 5.63. The highest BCUT2D eigenvalue weighted by atomic mass is 35.5. The van der Waals surface area contributed by atoms with E-state index >= 15 is 0 Å². The van der Waals surface area contributed by atoms with Crippen molar-refractivity contribution in [1.29, 1.82) is 0 Å². The minimum Gasteiger partial charge on any atom is -0.382 e. The van der Waals surface area contributed by atoms with Gasteiger partial charge in [0, 0.05) is 35.9 Å². The van der Waals surface area contributed by atoms with Crippen molar-refractivity contribution in [3.8, 4) is 0 Å². The molecule has 0 saturated carbocycles. The largest absolute Gasteiger partial charge is 0.382 e. The molecule has 1 saturated heterocycles. The van der Waals surface area contributed by atoms with E-state index in [0.29, 0.717) is 17.1 Å². The summed E-state index contributed by atoms with van der Waals surface area (Å²) in [5.41, 5.74) is 0.781. The summed E-state index contributed by atoms with van der Waals surface area (Å²) in [6.07, 6.45) is 2.18. The van der Waals surface area contributed by atoms with Crippen LogP contribution in [0.15, 0.2) is 18.2 Å². The molecule has 0 atom stereocenters. The van der Waals surface area contributed by atoms with Crippen LogP contribution in [0.2, 0.25) is 5.02 Å². The third-order valence-corrected chi connectivity index (χ3v) is 3.71. The Balaban J connectivity index is 1.91. The van der Waals surface area contributed by atoms with Gasteiger partial charge in [0.1, 0.15) is 5.82 Å². The smallest absolute Gasteiger partial charge is 0.126 e. The van der Waals surface area contributed by atoms with Crippen molar-refractivity contribution in [1.82, 2.24) is 4.90 Å². The van der Waals surface area contributed by atoms with E-state index in [0.717, 1.165) is 31.6 Å². The van der Waals surface area contributed by atoms with Gasteiger partial charge in [-0.05, 0) is 44.9 Å². The van der Waals surface area contributed by atoms with Crippen LogP contribution in [0, 0.1) is 5.82 Å². The summed E-state index contributed by atoms with van der Waals surface area (Å²) < 4.78 is 13.2. The first-order valence-electron chi connectivity index (χ1n) is 6.51. The van der Waals surface area contributed by atoms with Crippen LogP contribution in [0.3, 0.4) is 0 Å². The summed E-state index contributed by atoms with van der Waals surface area (Å²) in [4.78, 5) is 2.47. The molecule has 1 aromatic rings. The molecule has 2 rings (SSSR count). The Kier molecular flexibility index (Phi) is 4.46. The Hall–Kier alpha value is -0.800. The second-order valence-corrected chi connectivity index (χ2v) is 5.64. The van der Waals surface area contributed by atoms with Gasteiger partial charge in [0.2, 0.25) is 0 Å². The monoisotopic (exact) mass is 270 g/mol. The number of piperidine rings is 1. The second kappa shape index (κ2) is 5.89. The average Bonchev–Trinajstić information content (AvgIpc) is 2.28. The molecule has 1 heterocycles. The first-order chi connectivity index (χ1) is 8.54. The molecule has 100 valence electrons. The second-order valence-electron chi connectivity index (χ2n) is 5.21. The van der Waals surface area contributed by atoms with E-state index in [1.807, 2.05) is 0 Å². The lowest BCUT2D eigenvalue weighted by atomic mass is 10.0. The zero-order valence-electron chi connectivity index (χ0n) is 10.9. The summed E-state index contributed by atoms with van der Waals surface area (Å²) in [6.45, 7) is 6.64. The Morgan fingerprint density at radius 2 is 1.94 bits per heavy atom. The normalized spacial score (nSPS) is 18.3. The molecule has 2 nitrogen and oxygen atoms in total. The maximum absolute atomic E-state index is 13.2. The molecule has 0 amide bonds. The number of hydrogen-bond donors (Lipinski definition) is 1. The molecular formula is C14H20ClFN2. The highest BCUT2D eigenvalue weighted by Crippen LogP contribution is 2.22. The van der Waals surface area contributed by atoms with Gasteiger partial charge in [0.15, 0.2) is 0 Å². The number of rotatable bonds is 3. The number of hydrogen-bond acceptors (Lipinski definition) is 2. The van der Waals surface area contributed by atoms with Crippen LogP contribution in [-0.2, 0) is 0 Å².